The van der Waals surface area contributed by atoms with E-state index in [0.717, 1.165) is 36.1 Å². The van der Waals surface area contributed by atoms with Crippen molar-refractivity contribution in [2.24, 2.45) is 0 Å². The first-order chi connectivity index (χ1) is 9.31. The van der Waals surface area contributed by atoms with Crippen LogP contribution in [0.1, 0.15) is 35.8 Å². The number of H-pyrrole nitrogens is 1. The molecule has 2 heterocycles. The summed E-state index contributed by atoms with van der Waals surface area (Å²) in [6, 6.07) is 6.09. The van der Waals surface area contributed by atoms with Gasteiger partial charge in [-0.3, -0.25) is 0 Å². The van der Waals surface area contributed by atoms with E-state index >= 15 is 0 Å². The molecule has 2 aliphatic rings. The van der Waals surface area contributed by atoms with Crippen LogP contribution in [0.5, 0.6) is 0 Å². The molecule has 0 amide bonds. The summed E-state index contributed by atoms with van der Waals surface area (Å²) < 4.78 is 0. The normalized spacial score (nSPS) is 21.2. The number of rotatable bonds is 1. The van der Waals surface area contributed by atoms with Crippen LogP contribution in [0.25, 0.3) is 11.3 Å². The van der Waals surface area contributed by atoms with Crippen LogP contribution in [0.3, 0.4) is 0 Å². The van der Waals surface area contributed by atoms with E-state index in [9.17, 15) is 0 Å². The van der Waals surface area contributed by atoms with E-state index in [0.29, 0.717) is 5.92 Å². The van der Waals surface area contributed by atoms with Gasteiger partial charge in [0.15, 0.2) is 0 Å². The summed E-state index contributed by atoms with van der Waals surface area (Å²) in [6.07, 6.45) is 3.40. The van der Waals surface area contributed by atoms with Crippen molar-refractivity contribution in [2.75, 3.05) is 13.1 Å². The second-order valence-electron chi connectivity index (χ2n) is 5.47. The molecule has 1 aromatic heterocycles. The van der Waals surface area contributed by atoms with Gasteiger partial charge in [-0.15, -0.1) is 0 Å². The van der Waals surface area contributed by atoms with Gasteiger partial charge in [-0.25, -0.2) is 4.98 Å². The molecule has 19 heavy (non-hydrogen) atoms. The van der Waals surface area contributed by atoms with Crippen LogP contribution in [0, 0.1) is 0 Å². The Morgan fingerprint density at radius 1 is 1.32 bits per heavy atom. The van der Waals surface area contributed by atoms with Crippen LogP contribution >= 0.6 is 11.6 Å². The molecule has 1 atom stereocenters. The average Bonchev–Trinajstić information content (AvgIpc) is 2.96. The zero-order valence-corrected chi connectivity index (χ0v) is 11.4. The Labute approximate surface area is 117 Å². The molecule has 2 N–H and O–H groups in total. The van der Waals surface area contributed by atoms with Crippen molar-refractivity contribution in [3.63, 3.8) is 0 Å². The van der Waals surface area contributed by atoms with E-state index in [-0.39, 0.29) is 0 Å². The molecule has 1 fully saturated rings. The number of halogens is 1. The van der Waals surface area contributed by atoms with Crippen LogP contribution in [0.15, 0.2) is 18.2 Å². The SMILES string of the molecule is Clc1ccc2c(c1)Cc1[nH]c(C3CCCNC3)nc1-2. The molecule has 1 saturated heterocycles. The fraction of sp³-hybridized carbons (Fsp3) is 0.400. The first kappa shape index (κ1) is 11.5. The van der Waals surface area contributed by atoms with Gasteiger partial charge in [0.1, 0.15) is 5.82 Å². The number of nitrogens with zero attached hydrogens (tertiary/aromatic N) is 1. The molecule has 0 bridgehead atoms. The molecule has 0 saturated carbocycles. The summed E-state index contributed by atoms with van der Waals surface area (Å²) in [4.78, 5) is 8.38. The van der Waals surface area contributed by atoms with Gasteiger partial charge in [0.2, 0.25) is 0 Å². The summed E-state index contributed by atoms with van der Waals surface area (Å²) in [5, 5.41) is 4.25. The van der Waals surface area contributed by atoms with Crippen LogP contribution in [0.2, 0.25) is 5.02 Å². The van der Waals surface area contributed by atoms with Crippen molar-refractivity contribution in [3.05, 3.63) is 40.3 Å². The number of aromatic amines is 1. The van der Waals surface area contributed by atoms with Crippen LogP contribution in [-0.2, 0) is 6.42 Å². The van der Waals surface area contributed by atoms with Crippen molar-refractivity contribution in [2.45, 2.75) is 25.2 Å². The first-order valence-electron chi connectivity index (χ1n) is 6.89. The minimum atomic E-state index is 0.537. The summed E-state index contributed by atoms with van der Waals surface area (Å²) in [5.74, 6) is 1.69. The number of imidazole rings is 1. The van der Waals surface area contributed by atoms with Gasteiger partial charge in [-0.1, -0.05) is 17.7 Å². The van der Waals surface area contributed by atoms with E-state index < -0.39 is 0 Å². The lowest BCUT2D eigenvalue weighted by atomic mass is 9.99. The van der Waals surface area contributed by atoms with Crippen molar-refractivity contribution in [3.8, 4) is 11.3 Å². The molecule has 1 aliphatic carbocycles. The molecular formula is C15H16ClN3. The predicted octanol–water partition coefficient (Wildman–Crippen LogP) is 3.10. The fourth-order valence-corrected chi connectivity index (χ4v) is 3.38. The van der Waals surface area contributed by atoms with E-state index in [1.54, 1.807) is 0 Å². The van der Waals surface area contributed by atoms with E-state index in [1.165, 1.54) is 29.7 Å². The van der Waals surface area contributed by atoms with Crippen molar-refractivity contribution in [1.82, 2.24) is 15.3 Å². The maximum Gasteiger partial charge on any atom is 0.111 e. The monoisotopic (exact) mass is 273 g/mol. The Morgan fingerprint density at radius 2 is 2.26 bits per heavy atom. The lowest BCUT2D eigenvalue weighted by Gasteiger charge is -2.20. The molecule has 0 radical (unpaired) electrons. The minimum absolute atomic E-state index is 0.537. The average molecular weight is 274 g/mol. The summed E-state index contributed by atoms with van der Waals surface area (Å²) in [5.41, 5.74) is 4.91. The van der Waals surface area contributed by atoms with Gasteiger partial charge in [-0.2, -0.15) is 0 Å². The van der Waals surface area contributed by atoms with Gasteiger partial charge in [0.25, 0.3) is 0 Å². The maximum atomic E-state index is 6.05. The largest absolute Gasteiger partial charge is 0.345 e. The third-order valence-electron chi connectivity index (χ3n) is 4.17. The van der Waals surface area contributed by atoms with Gasteiger partial charge >= 0.3 is 0 Å². The lowest BCUT2D eigenvalue weighted by Crippen LogP contribution is -2.29. The molecule has 3 nitrogen and oxygen atoms in total. The molecular weight excluding hydrogens is 258 g/mol. The molecule has 1 aliphatic heterocycles. The zero-order chi connectivity index (χ0) is 12.8. The predicted molar refractivity (Wildman–Crippen MR) is 76.7 cm³/mol. The standard InChI is InChI=1S/C15H16ClN3/c16-11-3-4-12-10(6-11)7-13-14(12)19-15(18-13)9-2-1-5-17-8-9/h3-4,6,9,17H,1-2,5,7-8H2,(H,18,19). The Bertz CT molecular complexity index is 626. The molecule has 4 heteroatoms. The van der Waals surface area contributed by atoms with E-state index in [4.69, 9.17) is 16.6 Å². The number of fused-ring (bicyclic) bond motifs is 3. The number of hydrogen-bond donors (Lipinski definition) is 2. The Kier molecular flexibility index (Phi) is 2.64. The molecule has 0 spiro atoms. The zero-order valence-electron chi connectivity index (χ0n) is 10.7. The number of piperidine rings is 1. The Morgan fingerprint density at radius 3 is 3.11 bits per heavy atom. The van der Waals surface area contributed by atoms with Crippen LogP contribution in [-0.4, -0.2) is 23.1 Å². The van der Waals surface area contributed by atoms with Crippen LogP contribution in [0.4, 0.5) is 0 Å². The second kappa shape index (κ2) is 4.36. The van der Waals surface area contributed by atoms with Gasteiger partial charge < -0.3 is 10.3 Å². The topological polar surface area (TPSA) is 40.7 Å². The molecule has 1 unspecified atom stereocenters. The van der Waals surface area contributed by atoms with Crippen molar-refractivity contribution < 1.29 is 0 Å². The highest BCUT2D eigenvalue weighted by atomic mass is 35.5. The quantitative estimate of drug-likeness (QED) is 0.715. The van der Waals surface area contributed by atoms with Crippen molar-refractivity contribution in [1.29, 1.82) is 0 Å². The molecule has 1 aromatic carbocycles. The van der Waals surface area contributed by atoms with Crippen LogP contribution < -0.4 is 5.32 Å². The van der Waals surface area contributed by atoms with E-state index in [1.807, 2.05) is 12.1 Å². The summed E-state index contributed by atoms with van der Waals surface area (Å²) >= 11 is 6.05. The van der Waals surface area contributed by atoms with Crippen molar-refractivity contribution >= 4 is 11.6 Å². The highest BCUT2D eigenvalue weighted by Crippen LogP contribution is 2.37. The number of benzene rings is 1. The molecule has 2 aromatic rings. The number of nitrogens with one attached hydrogen (secondary N) is 2. The van der Waals surface area contributed by atoms with Gasteiger partial charge in [0, 0.05) is 35.2 Å². The summed E-state index contributed by atoms with van der Waals surface area (Å²) in [6.45, 7) is 2.18. The molecule has 98 valence electrons. The highest BCUT2D eigenvalue weighted by molar-refractivity contribution is 6.30. The van der Waals surface area contributed by atoms with Gasteiger partial charge in [0.05, 0.1) is 5.69 Å². The van der Waals surface area contributed by atoms with E-state index in [2.05, 4.69) is 16.4 Å². The third kappa shape index (κ3) is 1.88. The smallest absolute Gasteiger partial charge is 0.111 e. The van der Waals surface area contributed by atoms with Gasteiger partial charge in [-0.05, 0) is 37.1 Å². The minimum Gasteiger partial charge on any atom is -0.345 e. The fourth-order valence-electron chi connectivity index (χ4n) is 3.19. The number of aromatic nitrogens is 2. The molecule has 4 rings (SSSR count). The highest BCUT2D eigenvalue weighted by Gasteiger charge is 2.26. The lowest BCUT2D eigenvalue weighted by molar-refractivity contribution is 0.448. The maximum absolute atomic E-state index is 6.05. The number of hydrogen-bond acceptors (Lipinski definition) is 2. The second-order valence-corrected chi connectivity index (χ2v) is 5.91. The first-order valence-corrected chi connectivity index (χ1v) is 7.27. The Hall–Kier alpha value is -1.32. The Balaban J connectivity index is 1.71. The summed E-state index contributed by atoms with van der Waals surface area (Å²) in [7, 11) is 0. The third-order valence-corrected chi connectivity index (χ3v) is 4.41.